The van der Waals surface area contributed by atoms with Gasteiger partial charge in [0.15, 0.2) is 0 Å². The molecule has 0 aliphatic heterocycles. The Balaban J connectivity index is 3.44. The van der Waals surface area contributed by atoms with Crippen molar-refractivity contribution < 1.29 is 5.11 Å². The van der Waals surface area contributed by atoms with Crippen LogP contribution in [0.4, 0.5) is 0 Å². The van der Waals surface area contributed by atoms with Gasteiger partial charge in [0.25, 0.3) is 0 Å². The van der Waals surface area contributed by atoms with Crippen LogP contribution in [0.25, 0.3) is 0 Å². The molecule has 2 atom stereocenters. The summed E-state index contributed by atoms with van der Waals surface area (Å²) < 4.78 is 0. The SMILES string of the molecule is C=CC(O)C(C)NCC. The Morgan fingerprint density at radius 2 is 2.33 bits per heavy atom. The average Bonchev–Trinajstić information content (AvgIpc) is 1.87. The molecule has 9 heavy (non-hydrogen) atoms. The molecule has 0 aromatic heterocycles. The minimum atomic E-state index is -0.426. The van der Waals surface area contributed by atoms with Gasteiger partial charge in [0.05, 0.1) is 6.10 Å². The number of hydrogen-bond acceptors (Lipinski definition) is 2. The molecular weight excluding hydrogens is 114 g/mol. The van der Waals surface area contributed by atoms with Crippen LogP contribution in [0.2, 0.25) is 0 Å². The Labute approximate surface area is 56.6 Å². The van der Waals surface area contributed by atoms with Crippen molar-refractivity contribution in [2.75, 3.05) is 6.54 Å². The first-order chi connectivity index (χ1) is 4.22. The smallest absolute Gasteiger partial charge is 0.0868 e. The first-order valence-electron chi connectivity index (χ1n) is 3.26. The number of aliphatic hydroxyl groups excluding tert-OH is 1. The molecule has 0 radical (unpaired) electrons. The summed E-state index contributed by atoms with van der Waals surface area (Å²) in [5.74, 6) is 0. The minimum absolute atomic E-state index is 0.118. The van der Waals surface area contributed by atoms with Crippen molar-refractivity contribution in [3.05, 3.63) is 12.7 Å². The highest BCUT2D eigenvalue weighted by Crippen LogP contribution is 1.91. The molecule has 0 fully saturated rings. The first-order valence-corrected chi connectivity index (χ1v) is 3.26. The zero-order chi connectivity index (χ0) is 7.28. The zero-order valence-electron chi connectivity index (χ0n) is 6.09. The third-order valence-electron chi connectivity index (χ3n) is 1.28. The molecule has 0 rings (SSSR count). The molecule has 0 aliphatic rings. The Bertz CT molecular complexity index is 83.0. The lowest BCUT2D eigenvalue weighted by molar-refractivity contribution is 0.181. The molecule has 0 heterocycles. The van der Waals surface area contributed by atoms with E-state index in [-0.39, 0.29) is 6.04 Å². The predicted octanol–water partition coefficient (Wildman–Crippen LogP) is 0.531. The number of aliphatic hydroxyl groups is 1. The van der Waals surface area contributed by atoms with Gasteiger partial charge < -0.3 is 10.4 Å². The van der Waals surface area contributed by atoms with E-state index in [1.54, 1.807) is 0 Å². The number of likely N-dealkylation sites (N-methyl/N-ethyl adjacent to an activating group) is 1. The topological polar surface area (TPSA) is 32.3 Å². The summed E-state index contributed by atoms with van der Waals surface area (Å²) in [6.45, 7) is 8.29. The Hall–Kier alpha value is -0.340. The highest BCUT2D eigenvalue weighted by Gasteiger charge is 2.06. The van der Waals surface area contributed by atoms with Gasteiger partial charge in [0.1, 0.15) is 0 Å². The highest BCUT2D eigenvalue weighted by molar-refractivity contribution is 4.85. The number of rotatable bonds is 4. The molecule has 0 aromatic carbocycles. The van der Waals surface area contributed by atoms with Crippen molar-refractivity contribution in [1.82, 2.24) is 5.32 Å². The van der Waals surface area contributed by atoms with Crippen LogP contribution in [0.5, 0.6) is 0 Å². The van der Waals surface area contributed by atoms with Crippen LogP contribution in [-0.2, 0) is 0 Å². The molecule has 2 N–H and O–H groups in total. The largest absolute Gasteiger partial charge is 0.387 e. The molecule has 0 aliphatic carbocycles. The van der Waals surface area contributed by atoms with E-state index in [2.05, 4.69) is 11.9 Å². The lowest BCUT2D eigenvalue weighted by Crippen LogP contribution is -2.35. The maximum Gasteiger partial charge on any atom is 0.0868 e. The molecule has 54 valence electrons. The van der Waals surface area contributed by atoms with Gasteiger partial charge in [-0.15, -0.1) is 6.58 Å². The lowest BCUT2D eigenvalue weighted by atomic mass is 10.2. The van der Waals surface area contributed by atoms with Crippen molar-refractivity contribution in [3.8, 4) is 0 Å². The standard InChI is InChI=1S/C7H15NO/c1-4-7(9)6(3)8-5-2/h4,6-9H,1,5H2,2-3H3. The fraction of sp³-hybridized carbons (Fsp3) is 0.714. The molecular formula is C7H15NO. The third-order valence-corrected chi connectivity index (χ3v) is 1.28. The molecule has 0 saturated heterocycles. The second-order valence-electron chi connectivity index (χ2n) is 2.07. The van der Waals surface area contributed by atoms with Crippen LogP contribution in [0.15, 0.2) is 12.7 Å². The highest BCUT2D eigenvalue weighted by atomic mass is 16.3. The van der Waals surface area contributed by atoms with E-state index in [0.29, 0.717) is 0 Å². The van der Waals surface area contributed by atoms with Crippen LogP contribution in [0.1, 0.15) is 13.8 Å². The van der Waals surface area contributed by atoms with Crippen LogP contribution in [0.3, 0.4) is 0 Å². The van der Waals surface area contributed by atoms with E-state index in [9.17, 15) is 0 Å². The summed E-state index contributed by atoms with van der Waals surface area (Å²) in [7, 11) is 0. The molecule has 2 unspecified atom stereocenters. The molecule has 0 saturated carbocycles. The zero-order valence-corrected chi connectivity index (χ0v) is 6.09. The van der Waals surface area contributed by atoms with Crippen LogP contribution in [0, 0.1) is 0 Å². The molecule has 0 bridgehead atoms. The summed E-state index contributed by atoms with van der Waals surface area (Å²) in [4.78, 5) is 0. The average molecular weight is 129 g/mol. The summed E-state index contributed by atoms with van der Waals surface area (Å²) in [6.07, 6.45) is 1.11. The third kappa shape index (κ3) is 3.27. The van der Waals surface area contributed by atoms with Crippen molar-refractivity contribution in [1.29, 1.82) is 0 Å². The molecule has 0 amide bonds. The quantitative estimate of drug-likeness (QED) is 0.543. The normalized spacial score (nSPS) is 16.8. The van der Waals surface area contributed by atoms with E-state index in [1.807, 2.05) is 13.8 Å². The fourth-order valence-corrected chi connectivity index (χ4v) is 0.647. The van der Waals surface area contributed by atoms with Gasteiger partial charge in [-0.3, -0.25) is 0 Å². The maximum absolute atomic E-state index is 9.08. The van der Waals surface area contributed by atoms with Crippen molar-refractivity contribution >= 4 is 0 Å². The lowest BCUT2D eigenvalue weighted by Gasteiger charge is -2.15. The second kappa shape index (κ2) is 4.53. The van der Waals surface area contributed by atoms with Gasteiger partial charge in [-0.2, -0.15) is 0 Å². The van der Waals surface area contributed by atoms with E-state index in [4.69, 9.17) is 5.11 Å². The Kier molecular flexibility index (Phi) is 4.36. The van der Waals surface area contributed by atoms with Gasteiger partial charge in [-0.25, -0.2) is 0 Å². The summed E-state index contributed by atoms with van der Waals surface area (Å²) >= 11 is 0. The van der Waals surface area contributed by atoms with E-state index in [0.717, 1.165) is 6.54 Å². The van der Waals surface area contributed by atoms with Crippen LogP contribution < -0.4 is 5.32 Å². The predicted molar refractivity (Wildman–Crippen MR) is 39.3 cm³/mol. The van der Waals surface area contributed by atoms with Crippen molar-refractivity contribution in [3.63, 3.8) is 0 Å². The van der Waals surface area contributed by atoms with Gasteiger partial charge >= 0.3 is 0 Å². The van der Waals surface area contributed by atoms with Gasteiger partial charge in [0, 0.05) is 6.04 Å². The maximum atomic E-state index is 9.08. The Morgan fingerprint density at radius 3 is 2.67 bits per heavy atom. The molecule has 2 heteroatoms. The van der Waals surface area contributed by atoms with Crippen molar-refractivity contribution in [2.24, 2.45) is 0 Å². The van der Waals surface area contributed by atoms with E-state index < -0.39 is 6.10 Å². The van der Waals surface area contributed by atoms with Gasteiger partial charge in [-0.1, -0.05) is 13.0 Å². The monoisotopic (exact) mass is 129 g/mol. The van der Waals surface area contributed by atoms with Gasteiger partial charge in [0.2, 0.25) is 0 Å². The second-order valence-corrected chi connectivity index (χ2v) is 2.07. The molecule has 2 nitrogen and oxygen atoms in total. The molecule has 0 spiro atoms. The summed E-state index contributed by atoms with van der Waals surface area (Å²) in [5, 5.41) is 12.2. The van der Waals surface area contributed by atoms with E-state index in [1.165, 1.54) is 6.08 Å². The summed E-state index contributed by atoms with van der Waals surface area (Å²) in [5.41, 5.74) is 0. The fourth-order valence-electron chi connectivity index (χ4n) is 0.647. The van der Waals surface area contributed by atoms with E-state index >= 15 is 0 Å². The number of hydrogen-bond donors (Lipinski definition) is 2. The molecule has 0 aromatic rings. The Morgan fingerprint density at radius 1 is 1.78 bits per heavy atom. The van der Waals surface area contributed by atoms with Gasteiger partial charge in [-0.05, 0) is 13.5 Å². The minimum Gasteiger partial charge on any atom is -0.387 e. The number of nitrogens with one attached hydrogen (secondary N) is 1. The van der Waals surface area contributed by atoms with Crippen molar-refractivity contribution in [2.45, 2.75) is 26.0 Å². The summed E-state index contributed by atoms with van der Waals surface area (Å²) in [6, 6.07) is 0.118. The van der Waals surface area contributed by atoms with Crippen LogP contribution >= 0.6 is 0 Å². The first kappa shape index (κ1) is 8.66. The van der Waals surface area contributed by atoms with Crippen LogP contribution in [-0.4, -0.2) is 23.8 Å².